The molecule has 0 bridgehead atoms. The largest absolute Gasteiger partial charge is 0.508 e. The first-order valence-electron chi connectivity index (χ1n) is 11.4. The molecule has 0 radical (unpaired) electrons. The van der Waals surface area contributed by atoms with Crippen LogP contribution in [-0.4, -0.2) is 27.9 Å². The van der Waals surface area contributed by atoms with E-state index in [-0.39, 0.29) is 17.6 Å². The summed E-state index contributed by atoms with van der Waals surface area (Å²) < 4.78 is 5.89. The molecule has 4 aromatic carbocycles. The highest BCUT2D eigenvalue weighted by Gasteiger charge is 2.36. The van der Waals surface area contributed by atoms with Crippen molar-refractivity contribution in [2.75, 3.05) is 5.32 Å². The average molecular weight is 465 g/mol. The number of rotatable bonds is 7. The average Bonchev–Trinajstić information content (AvgIpc) is 3.20. The van der Waals surface area contributed by atoms with Gasteiger partial charge in [0.2, 0.25) is 5.91 Å². The molecule has 6 heteroatoms. The summed E-state index contributed by atoms with van der Waals surface area (Å²) in [5, 5.41) is 12.6. The Morgan fingerprint density at radius 1 is 0.886 bits per heavy atom. The second kappa shape index (κ2) is 9.73. The first kappa shape index (κ1) is 22.2. The number of hydrogen-bond acceptors (Lipinski definition) is 4. The lowest BCUT2D eigenvalue weighted by Crippen LogP contribution is -2.45. The van der Waals surface area contributed by atoms with Crippen molar-refractivity contribution in [3.63, 3.8) is 0 Å². The van der Waals surface area contributed by atoms with Crippen LogP contribution in [0.15, 0.2) is 103 Å². The predicted molar refractivity (Wildman–Crippen MR) is 134 cm³/mol. The molecule has 174 valence electrons. The van der Waals surface area contributed by atoms with Crippen LogP contribution in [-0.2, 0) is 17.8 Å². The zero-order chi connectivity index (χ0) is 24.2. The van der Waals surface area contributed by atoms with Crippen LogP contribution in [0.3, 0.4) is 0 Å². The van der Waals surface area contributed by atoms with Crippen LogP contribution in [0.25, 0.3) is 0 Å². The number of para-hydroxylation sites is 1. The summed E-state index contributed by atoms with van der Waals surface area (Å²) >= 11 is 0. The Morgan fingerprint density at radius 3 is 2.37 bits per heavy atom. The normalized spacial score (nSPS) is 13.3. The highest BCUT2D eigenvalue weighted by molar-refractivity contribution is 6.03. The van der Waals surface area contributed by atoms with Crippen LogP contribution in [0.2, 0.25) is 0 Å². The number of amides is 2. The van der Waals surface area contributed by atoms with Crippen molar-refractivity contribution in [2.45, 2.75) is 19.0 Å². The Hall–Kier alpha value is -4.58. The maximum atomic E-state index is 13.5. The number of phenolic OH excluding ortho intramolecular Hbond substituents is 1. The number of fused-ring (bicyclic) bond motifs is 1. The highest BCUT2D eigenvalue weighted by atomic mass is 16.5. The molecular weight excluding hydrogens is 440 g/mol. The molecule has 4 aromatic rings. The lowest BCUT2D eigenvalue weighted by Gasteiger charge is -2.27. The highest BCUT2D eigenvalue weighted by Crippen LogP contribution is 2.28. The topological polar surface area (TPSA) is 78.9 Å². The minimum Gasteiger partial charge on any atom is -0.508 e. The first-order chi connectivity index (χ1) is 17.1. The lowest BCUT2D eigenvalue weighted by molar-refractivity contribution is -0.120. The number of benzene rings is 4. The van der Waals surface area contributed by atoms with Crippen LogP contribution < -0.4 is 10.1 Å². The van der Waals surface area contributed by atoms with Gasteiger partial charge in [-0.25, -0.2) is 0 Å². The minimum atomic E-state index is -0.738. The molecule has 0 fully saturated rings. The molecule has 0 aliphatic carbocycles. The molecule has 1 atom stereocenters. The molecule has 1 aliphatic heterocycles. The molecule has 1 aliphatic rings. The van der Waals surface area contributed by atoms with Crippen LogP contribution >= 0.6 is 0 Å². The van der Waals surface area contributed by atoms with Crippen molar-refractivity contribution in [1.82, 2.24) is 4.90 Å². The van der Waals surface area contributed by atoms with Gasteiger partial charge >= 0.3 is 0 Å². The number of ether oxygens (including phenoxy) is 1. The first-order valence-corrected chi connectivity index (χ1v) is 11.4. The Bertz CT molecular complexity index is 1350. The van der Waals surface area contributed by atoms with Crippen molar-refractivity contribution < 1.29 is 19.4 Å². The molecule has 0 saturated heterocycles. The summed E-state index contributed by atoms with van der Waals surface area (Å²) in [5.74, 6) is 0.974. The van der Waals surface area contributed by atoms with Crippen molar-refractivity contribution in [2.24, 2.45) is 0 Å². The standard InChI is InChI=1S/C29H24N2O4/c32-23-15-13-20(14-16-23)17-27(31-19-21-7-4-5-12-26(21)29(31)34)28(33)30-22-8-6-11-25(18-22)35-24-9-2-1-3-10-24/h1-16,18,27,32H,17,19H2,(H,30,33). The quantitative estimate of drug-likeness (QED) is 0.384. The van der Waals surface area contributed by atoms with Crippen molar-refractivity contribution >= 4 is 17.5 Å². The van der Waals surface area contributed by atoms with E-state index in [1.165, 1.54) is 0 Å². The zero-order valence-corrected chi connectivity index (χ0v) is 18.9. The fourth-order valence-electron chi connectivity index (χ4n) is 4.22. The Balaban J connectivity index is 1.39. The predicted octanol–water partition coefficient (Wildman–Crippen LogP) is 5.39. The Morgan fingerprint density at radius 2 is 1.60 bits per heavy atom. The van der Waals surface area contributed by atoms with Crippen LogP contribution in [0.5, 0.6) is 17.2 Å². The number of aromatic hydroxyl groups is 1. The SMILES string of the molecule is O=C(Nc1cccc(Oc2ccccc2)c1)C(Cc1ccc(O)cc1)N1Cc2ccccc2C1=O. The molecule has 2 amide bonds. The van der Waals surface area contributed by atoms with E-state index in [1.54, 1.807) is 53.4 Å². The van der Waals surface area contributed by atoms with Crippen molar-refractivity contribution in [3.05, 3.63) is 120 Å². The van der Waals surface area contributed by atoms with Gasteiger partial charge in [0, 0.05) is 30.3 Å². The molecule has 5 rings (SSSR count). The van der Waals surface area contributed by atoms with E-state index in [2.05, 4.69) is 5.32 Å². The van der Waals surface area contributed by atoms with E-state index in [4.69, 9.17) is 4.74 Å². The van der Waals surface area contributed by atoms with E-state index in [9.17, 15) is 14.7 Å². The van der Waals surface area contributed by atoms with Gasteiger partial charge in [-0.15, -0.1) is 0 Å². The third kappa shape index (κ3) is 5.01. The Labute approximate surface area is 203 Å². The van der Waals surface area contributed by atoms with E-state index in [0.717, 1.165) is 11.1 Å². The van der Waals surface area contributed by atoms with E-state index in [1.807, 2.05) is 54.6 Å². The van der Waals surface area contributed by atoms with Crippen molar-refractivity contribution in [1.29, 1.82) is 0 Å². The maximum absolute atomic E-state index is 13.5. The number of nitrogens with one attached hydrogen (secondary N) is 1. The van der Waals surface area contributed by atoms with Gasteiger partial charge in [0.15, 0.2) is 0 Å². The van der Waals surface area contributed by atoms with E-state index >= 15 is 0 Å². The molecular formula is C29H24N2O4. The Kier molecular flexibility index (Phi) is 6.18. The molecule has 0 aromatic heterocycles. The number of phenols is 1. The summed E-state index contributed by atoms with van der Waals surface area (Å²) in [6.45, 7) is 0.363. The number of anilines is 1. The maximum Gasteiger partial charge on any atom is 0.255 e. The monoisotopic (exact) mass is 464 g/mol. The molecule has 6 nitrogen and oxygen atoms in total. The summed E-state index contributed by atoms with van der Waals surface area (Å²) in [7, 11) is 0. The van der Waals surface area contributed by atoms with Gasteiger partial charge in [0.1, 0.15) is 23.3 Å². The summed E-state index contributed by atoms with van der Waals surface area (Å²) in [5.41, 5.74) is 2.93. The van der Waals surface area contributed by atoms with Gasteiger partial charge in [-0.2, -0.15) is 0 Å². The number of carbonyl (C=O) groups is 2. The fourth-order valence-corrected chi connectivity index (χ4v) is 4.22. The molecule has 1 unspecified atom stereocenters. The van der Waals surface area contributed by atoms with Gasteiger partial charge in [-0.3, -0.25) is 9.59 Å². The van der Waals surface area contributed by atoms with Gasteiger partial charge in [-0.1, -0.05) is 54.6 Å². The van der Waals surface area contributed by atoms with Crippen molar-refractivity contribution in [3.8, 4) is 17.2 Å². The molecule has 1 heterocycles. The lowest BCUT2D eigenvalue weighted by atomic mass is 10.0. The van der Waals surface area contributed by atoms with Gasteiger partial charge in [0.05, 0.1) is 0 Å². The van der Waals surface area contributed by atoms with Crippen LogP contribution in [0.4, 0.5) is 5.69 Å². The fraction of sp³-hybridized carbons (Fsp3) is 0.103. The van der Waals surface area contributed by atoms with Gasteiger partial charge in [-0.05, 0) is 53.6 Å². The number of nitrogens with zero attached hydrogens (tertiary/aromatic N) is 1. The molecule has 0 spiro atoms. The molecule has 2 N–H and O–H groups in total. The molecule has 35 heavy (non-hydrogen) atoms. The zero-order valence-electron chi connectivity index (χ0n) is 18.9. The summed E-state index contributed by atoms with van der Waals surface area (Å²) in [4.78, 5) is 28.3. The van der Waals surface area contributed by atoms with E-state index < -0.39 is 6.04 Å². The van der Waals surface area contributed by atoms with E-state index in [0.29, 0.717) is 35.7 Å². The number of hydrogen-bond donors (Lipinski definition) is 2. The van der Waals surface area contributed by atoms with Gasteiger partial charge < -0.3 is 20.1 Å². The summed E-state index contributed by atoms with van der Waals surface area (Å²) in [6.07, 6.45) is 0.312. The van der Waals surface area contributed by atoms with Crippen LogP contribution in [0.1, 0.15) is 21.5 Å². The third-order valence-electron chi connectivity index (χ3n) is 5.97. The number of carbonyl (C=O) groups excluding carboxylic acids is 2. The second-order valence-corrected chi connectivity index (χ2v) is 8.41. The second-order valence-electron chi connectivity index (χ2n) is 8.41. The summed E-state index contributed by atoms with van der Waals surface area (Å²) in [6, 6.07) is 29.9. The molecule has 0 saturated carbocycles. The van der Waals surface area contributed by atoms with Gasteiger partial charge in [0.25, 0.3) is 5.91 Å². The minimum absolute atomic E-state index is 0.148. The third-order valence-corrected chi connectivity index (χ3v) is 5.97. The smallest absolute Gasteiger partial charge is 0.255 e. The van der Waals surface area contributed by atoms with Crippen LogP contribution in [0, 0.1) is 0 Å².